The Morgan fingerprint density at radius 3 is 2.85 bits per heavy atom. The van der Waals surface area contributed by atoms with Gasteiger partial charge in [-0.15, -0.1) is 0 Å². The molecule has 0 saturated carbocycles. The van der Waals surface area contributed by atoms with Crippen molar-refractivity contribution in [2.24, 2.45) is 0 Å². The number of aryl methyl sites for hydroxylation is 2. The lowest BCUT2D eigenvalue weighted by atomic mass is 10.1. The lowest BCUT2D eigenvalue weighted by molar-refractivity contribution is 0.477. The molecule has 0 spiro atoms. The van der Waals surface area contributed by atoms with Gasteiger partial charge in [-0.2, -0.15) is 0 Å². The number of phenols is 1. The van der Waals surface area contributed by atoms with Gasteiger partial charge in [-0.05, 0) is 30.5 Å². The highest BCUT2D eigenvalue weighted by atomic mass is 16.3. The second kappa shape index (κ2) is 2.80. The Labute approximate surface area is 77.2 Å². The second-order valence-corrected chi connectivity index (χ2v) is 3.32. The molecule has 0 unspecified atom stereocenters. The number of hydrogen-bond acceptors (Lipinski definition) is 1. The predicted molar refractivity (Wildman–Crippen MR) is 54.1 cm³/mol. The number of phenolic OH excluding ortho intramolecular Hbond substituents is 1. The summed E-state index contributed by atoms with van der Waals surface area (Å²) in [6.07, 6.45) is 2.90. The molecule has 0 aliphatic heterocycles. The van der Waals surface area contributed by atoms with E-state index in [-0.39, 0.29) is 0 Å². The fourth-order valence-corrected chi connectivity index (χ4v) is 1.66. The Balaban J connectivity index is 2.85. The number of rotatable bonds is 1. The van der Waals surface area contributed by atoms with Crippen molar-refractivity contribution >= 4 is 10.9 Å². The maximum atomic E-state index is 9.84. The molecule has 0 fully saturated rings. The smallest absolute Gasteiger partial charge is 0.128 e. The van der Waals surface area contributed by atoms with E-state index in [2.05, 4.69) is 11.9 Å². The van der Waals surface area contributed by atoms with Crippen molar-refractivity contribution in [3.8, 4) is 5.75 Å². The van der Waals surface area contributed by atoms with Gasteiger partial charge >= 0.3 is 0 Å². The lowest BCUT2D eigenvalue weighted by Crippen LogP contribution is -1.79. The summed E-state index contributed by atoms with van der Waals surface area (Å²) in [5, 5.41) is 10.8. The zero-order chi connectivity index (χ0) is 9.42. The minimum absolute atomic E-state index is 0.413. The van der Waals surface area contributed by atoms with E-state index >= 15 is 0 Å². The Hall–Kier alpha value is -1.44. The van der Waals surface area contributed by atoms with Crippen LogP contribution in [0.4, 0.5) is 0 Å². The van der Waals surface area contributed by atoms with Crippen LogP contribution in [0.1, 0.15) is 18.1 Å². The van der Waals surface area contributed by atoms with Crippen LogP contribution < -0.4 is 0 Å². The number of aromatic nitrogens is 1. The summed E-state index contributed by atoms with van der Waals surface area (Å²) in [6, 6.07) is 3.93. The molecule has 2 heteroatoms. The van der Waals surface area contributed by atoms with Gasteiger partial charge < -0.3 is 10.1 Å². The van der Waals surface area contributed by atoms with Crippen molar-refractivity contribution < 1.29 is 5.11 Å². The molecule has 0 aliphatic rings. The highest BCUT2D eigenvalue weighted by molar-refractivity contribution is 5.90. The van der Waals surface area contributed by atoms with Crippen molar-refractivity contribution in [3.05, 3.63) is 29.5 Å². The van der Waals surface area contributed by atoms with E-state index in [1.54, 1.807) is 0 Å². The molecule has 1 aromatic heterocycles. The van der Waals surface area contributed by atoms with E-state index in [1.807, 2.05) is 25.3 Å². The summed E-state index contributed by atoms with van der Waals surface area (Å²) in [5.74, 6) is 0.413. The fraction of sp³-hybridized carbons (Fsp3) is 0.273. The third-order valence-electron chi connectivity index (χ3n) is 2.48. The third-order valence-corrected chi connectivity index (χ3v) is 2.48. The van der Waals surface area contributed by atoms with E-state index < -0.39 is 0 Å². The highest BCUT2D eigenvalue weighted by Crippen LogP contribution is 2.30. The molecule has 13 heavy (non-hydrogen) atoms. The van der Waals surface area contributed by atoms with E-state index in [0.29, 0.717) is 5.75 Å². The molecule has 2 N–H and O–H groups in total. The summed E-state index contributed by atoms with van der Waals surface area (Å²) in [5.41, 5.74) is 3.12. The Morgan fingerprint density at radius 2 is 2.15 bits per heavy atom. The zero-order valence-electron chi connectivity index (χ0n) is 7.89. The lowest BCUT2D eigenvalue weighted by Gasteiger charge is -2.01. The summed E-state index contributed by atoms with van der Waals surface area (Å²) in [7, 11) is 0. The monoisotopic (exact) mass is 175 g/mol. The van der Waals surface area contributed by atoms with E-state index in [9.17, 15) is 5.11 Å². The first-order chi connectivity index (χ1) is 6.24. The maximum absolute atomic E-state index is 9.84. The second-order valence-electron chi connectivity index (χ2n) is 3.32. The molecule has 0 saturated heterocycles. The Morgan fingerprint density at radius 1 is 1.38 bits per heavy atom. The molecule has 0 bridgehead atoms. The zero-order valence-corrected chi connectivity index (χ0v) is 7.89. The molecule has 0 radical (unpaired) electrons. The van der Waals surface area contributed by atoms with Gasteiger partial charge in [0.2, 0.25) is 0 Å². The van der Waals surface area contributed by atoms with Crippen molar-refractivity contribution in [2.75, 3.05) is 0 Å². The summed E-state index contributed by atoms with van der Waals surface area (Å²) in [4.78, 5) is 3.15. The molecule has 1 aromatic carbocycles. The molecule has 0 aliphatic carbocycles. The van der Waals surface area contributed by atoms with Gasteiger partial charge in [0.25, 0.3) is 0 Å². The van der Waals surface area contributed by atoms with E-state index in [4.69, 9.17) is 0 Å². The third kappa shape index (κ3) is 1.10. The average molecular weight is 175 g/mol. The van der Waals surface area contributed by atoms with Crippen molar-refractivity contribution in [3.63, 3.8) is 0 Å². The standard InChI is InChI=1S/C11H13NO/c1-3-8-6-12-9-5-4-7(2)11(13)10(8)9/h4-6,12-13H,3H2,1-2H3. The highest BCUT2D eigenvalue weighted by Gasteiger charge is 2.08. The number of benzene rings is 1. The van der Waals surface area contributed by atoms with Crippen molar-refractivity contribution in [1.29, 1.82) is 0 Å². The minimum Gasteiger partial charge on any atom is -0.507 e. The first-order valence-corrected chi connectivity index (χ1v) is 4.52. The number of H-pyrrole nitrogens is 1. The SMILES string of the molecule is CCc1c[nH]c2ccc(C)c(O)c12. The Bertz CT molecular complexity index is 443. The summed E-state index contributed by atoms with van der Waals surface area (Å²) >= 11 is 0. The number of fused-ring (bicyclic) bond motifs is 1. The molecule has 0 amide bonds. The first kappa shape index (κ1) is 8.17. The molecular formula is C11H13NO. The predicted octanol–water partition coefficient (Wildman–Crippen LogP) is 2.74. The van der Waals surface area contributed by atoms with Crippen LogP contribution in [0.3, 0.4) is 0 Å². The van der Waals surface area contributed by atoms with Gasteiger partial charge in [-0.25, -0.2) is 0 Å². The van der Waals surface area contributed by atoms with E-state index in [1.165, 1.54) is 5.56 Å². The van der Waals surface area contributed by atoms with Crippen LogP contribution in [0.25, 0.3) is 10.9 Å². The summed E-state index contributed by atoms with van der Waals surface area (Å²) in [6.45, 7) is 4.01. The van der Waals surface area contributed by atoms with Crippen LogP contribution in [0.15, 0.2) is 18.3 Å². The molecule has 68 valence electrons. The number of aromatic amines is 1. The normalized spacial score (nSPS) is 10.9. The molecular weight excluding hydrogens is 162 g/mol. The van der Waals surface area contributed by atoms with Gasteiger partial charge in [0.05, 0.1) is 0 Å². The molecule has 2 nitrogen and oxygen atoms in total. The van der Waals surface area contributed by atoms with Gasteiger partial charge in [-0.1, -0.05) is 13.0 Å². The largest absolute Gasteiger partial charge is 0.507 e. The van der Waals surface area contributed by atoms with Gasteiger partial charge in [-0.3, -0.25) is 0 Å². The van der Waals surface area contributed by atoms with Gasteiger partial charge in [0.15, 0.2) is 0 Å². The maximum Gasteiger partial charge on any atom is 0.128 e. The number of nitrogens with one attached hydrogen (secondary N) is 1. The van der Waals surface area contributed by atoms with E-state index in [0.717, 1.165) is 22.9 Å². The summed E-state index contributed by atoms with van der Waals surface area (Å²) < 4.78 is 0. The molecule has 2 rings (SSSR count). The fourth-order valence-electron chi connectivity index (χ4n) is 1.66. The average Bonchev–Trinajstić information content (AvgIpc) is 2.55. The van der Waals surface area contributed by atoms with Crippen LogP contribution in [0.5, 0.6) is 5.75 Å². The van der Waals surface area contributed by atoms with Crippen LogP contribution in [-0.2, 0) is 6.42 Å². The topological polar surface area (TPSA) is 36.0 Å². The number of aromatic hydroxyl groups is 1. The van der Waals surface area contributed by atoms with Crippen LogP contribution in [0, 0.1) is 6.92 Å². The van der Waals surface area contributed by atoms with Crippen molar-refractivity contribution in [1.82, 2.24) is 4.98 Å². The molecule has 1 heterocycles. The van der Waals surface area contributed by atoms with Crippen LogP contribution >= 0.6 is 0 Å². The first-order valence-electron chi connectivity index (χ1n) is 4.52. The quantitative estimate of drug-likeness (QED) is 0.686. The Kier molecular flexibility index (Phi) is 1.76. The minimum atomic E-state index is 0.413. The van der Waals surface area contributed by atoms with Crippen LogP contribution in [-0.4, -0.2) is 10.1 Å². The van der Waals surface area contributed by atoms with Crippen molar-refractivity contribution in [2.45, 2.75) is 20.3 Å². The number of hydrogen-bond donors (Lipinski definition) is 2. The van der Waals surface area contributed by atoms with Gasteiger partial charge in [0, 0.05) is 17.1 Å². The molecule has 2 aromatic rings. The van der Waals surface area contributed by atoms with Crippen LogP contribution in [0.2, 0.25) is 0 Å². The van der Waals surface area contributed by atoms with Gasteiger partial charge in [0.1, 0.15) is 5.75 Å². The molecule has 0 atom stereocenters.